The molecule has 0 aliphatic rings. The second-order valence-electron chi connectivity index (χ2n) is 16.6. The third-order valence-electron chi connectivity index (χ3n) is 11.7. The Bertz CT molecular complexity index is 2770. The number of halogens is 5. The van der Waals surface area contributed by atoms with Crippen LogP contribution in [0.15, 0.2) is 121 Å². The van der Waals surface area contributed by atoms with E-state index in [0.717, 1.165) is 34.4 Å². The number of carbonyl (C=O) groups is 2. The van der Waals surface area contributed by atoms with Gasteiger partial charge in [-0.25, -0.2) is 8.78 Å². The van der Waals surface area contributed by atoms with Crippen molar-refractivity contribution in [3.8, 4) is 22.3 Å². The van der Waals surface area contributed by atoms with Crippen LogP contribution in [0.1, 0.15) is 69.5 Å². The fraction of sp³-hybridized carbons (Fsp3) is 0.222. The SMILES string of the molecule is Cc1c(/C=C/c2cc(CNC(C)(CO)C(=O)O)ccc2C(F)(F)F)cccc1-c1cccc(F)c1F.Cc1ccc(CN[C@@](C)(CO)C(=O)O)cc1/C=C/c1cccc(-c2ccccc2)c1C. The summed E-state index contributed by atoms with van der Waals surface area (Å²) in [7, 11) is 0. The van der Waals surface area contributed by atoms with Crippen LogP contribution < -0.4 is 10.6 Å². The third kappa shape index (κ3) is 12.8. The van der Waals surface area contributed by atoms with Gasteiger partial charge in [-0.3, -0.25) is 20.2 Å². The number of alkyl halides is 3. The summed E-state index contributed by atoms with van der Waals surface area (Å²) in [6.07, 6.45) is 2.29. The molecule has 0 fully saturated rings. The largest absolute Gasteiger partial charge is 0.480 e. The summed E-state index contributed by atoms with van der Waals surface area (Å²) in [5, 5.41) is 43.0. The lowest BCUT2D eigenvalue weighted by atomic mass is 9.95. The molecule has 8 nitrogen and oxygen atoms in total. The van der Waals surface area contributed by atoms with Crippen molar-refractivity contribution in [3.63, 3.8) is 0 Å². The lowest BCUT2D eigenvalue weighted by Crippen LogP contribution is -2.52. The van der Waals surface area contributed by atoms with Crippen LogP contribution in [-0.4, -0.2) is 56.7 Å². The maximum absolute atomic E-state index is 14.3. The number of nitrogens with one attached hydrogen (secondary N) is 2. The Morgan fingerprint density at radius 1 is 0.552 bits per heavy atom. The molecule has 0 radical (unpaired) electrons. The minimum absolute atomic E-state index is 0.0390. The number of hydrogen-bond donors (Lipinski definition) is 6. The van der Waals surface area contributed by atoms with Gasteiger partial charge in [-0.05, 0) is 120 Å². The van der Waals surface area contributed by atoms with Crippen LogP contribution in [-0.2, 0) is 28.9 Å². The molecular formula is C54H53F5N2O6. The van der Waals surface area contributed by atoms with Crippen molar-refractivity contribution in [2.45, 2.75) is 65.0 Å². The molecule has 6 aromatic carbocycles. The van der Waals surface area contributed by atoms with Crippen molar-refractivity contribution in [3.05, 3.63) is 189 Å². The summed E-state index contributed by atoms with van der Waals surface area (Å²) in [6.45, 7) is 7.66. The summed E-state index contributed by atoms with van der Waals surface area (Å²) in [6, 6.07) is 34.8. The van der Waals surface area contributed by atoms with Crippen molar-refractivity contribution in [2.75, 3.05) is 13.2 Å². The quantitative estimate of drug-likeness (QED) is 0.0417. The van der Waals surface area contributed by atoms with Gasteiger partial charge in [0.1, 0.15) is 11.1 Å². The summed E-state index contributed by atoms with van der Waals surface area (Å²) in [4.78, 5) is 22.7. The normalized spacial score (nSPS) is 13.5. The lowest BCUT2D eigenvalue weighted by molar-refractivity contribution is -0.146. The van der Waals surface area contributed by atoms with Crippen molar-refractivity contribution in [2.24, 2.45) is 0 Å². The van der Waals surface area contributed by atoms with Crippen LogP contribution in [0.25, 0.3) is 46.6 Å². The zero-order chi connectivity index (χ0) is 49.1. The fourth-order valence-electron chi connectivity index (χ4n) is 7.05. The van der Waals surface area contributed by atoms with Gasteiger partial charge in [0.05, 0.1) is 18.8 Å². The van der Waals surface area contributed by atoms with Crippen LogP contribution in [0.4, 0.5) is 22.0 Å². The molecule has 13 heteroatoms. The maximum atomic E-state index is 14.3. The Kier molecular flexibility index (Phi) is 16.9. The second kappa shape index (κ2) is 22.1. The van der Waals surface area contributed by atoms with E-state index in [1.54, 1.807) is 25.1 Å². The van der Waals surface area contributed by atoms with E-state index in [0.29, 0.717) is 28.8 Å². The van der Waals surface area contributed by atoms with Gasteiger partial charge in [0.25, 0.3) is 0 Å². The average Bonchev–Trinajstić information content (AvgIpc) is 3.31. The molecule has 0 saturated carbocycles. The predicted molar refractivity (Wildman–Crippen MR) is 254 cm³/mol. The van der Waals surface area contributed by atoms with Gasteiger partial charge in [0, 0.05) is 18.7 Å². The van der Waals surface area contributed by atoms with Crippen LogP contribution in [0, 0.1) is 32.4 Å². The smallest absolute Gasteiger partial charge is 0.416 e. The maximum Gasteiger partial charge on any atom is 0.416 e. The van der Waals surface area contributed by atoms with Gasteiger partial charge in [-0.15, -0.1) is 0 Å². The van der Waals surface area contributed by atoms with Gasteiger partial charge >= 0.3 is 18.1 Å². The Hall–Kier alpha value is -6.77. The first-order chi connectivity index (χ1) is 31.7. The second-order valence-corrected chi connectivity index (χ2v) is 16.6. The first-order valence-electron chi connectivity index (χ1n) is 21.2. The highest BCUT2D eigenvalue weighted by molar-refractivity contribution is 5.81. The van der Waals surface area contributed by atoms with Gasteiger partial charge in [-0.2, -0.15) is 13.2 Å². The number of aliphatic hydroxyl groups is 2. The molecule has 67 heavy (non-hydrogen) atoms. The van der Waals surface area contributed by atoms with Gasteiger partial charge < -0.3 is 20.4 Å². The Balaban J connectivity index is 0.000000254. The van der Waals surface area contributed by atoms with Crippen molar-refractivity contribution >= 4 is 36.2 Å². The van der Waals surface area contributed by atoms with Crippen LogP contribution in [0.3, 0.4) is 0 Å². The Morgan fingerprint density at radius 3 is 1.55 bits per heavy atom. The van der Waals surface area contributed by atoms with E-state index in [9.17, 15) is 52.0 Å². The lowest BCUT2D eigenvalue weighted by Gasteiger charge is -2.24. The molecular weight excluding hydrogens is 868 g/mol. The molecule has 0 bridgehead atoms. The molecule has 1 unspecified atom stereocenters. The number of carboxylic acid groups (broad SMARTS) is 2. The zero-order valence-electron chi connectivity index (χ0n) is 37.7. The van der Waals surface area contributed by atoms with E-state index in [-0.39, 0.29) is 17.7 Å². The molecule has 0 amide bonds. The number of rotatable bonds is 16. The molecule has 0 aliphatic carbocycles. The van der Waals surface area contributed by atoms with E-state index < -0.39 is 59.6 Å². The predicted octanol–water partition coefficient (Wildman–Crippen LogP) is 11.1. The molecule has 6 aromatic rings. The van der Waals surface area contributed by atoms with Crippen LogP contribution in [0.2, 0.25) is 0 Å². The van der Waals surface area contributed by atoms with Gasteiger partial charge in [0.2, 0.25) is 0 Å². The molecule has 6 rings (SSSR count). The highest BCUT2D eigenvalue weighted by Gasteiger charge is 2.34. The van der Waals surface area contributed by atoms with Crippen molar-refractivity contribution < 1.29 is 52.0 Å². The Labute approximate surface area is 386 Å². The summed E-state index contributed by atoms with van der Waals surface area (Å²) < 4.78 is 69.0. The number of aliphatic carboxylic acids is 2. The highest BCUT2D eigenvalue weighted by Crippen LogP contribution is 2.35. The highest BCUT2D eigenvalue weighted by atomic mass is 19.4. The van der Waals surface area contributed by atoms with Crippen molar-refractivity contribution in [1.82, 2.24) is 10.6 Å². The number of carboxylic acids is 2. The number of benzene rings is 6. The zero-order valence-corrected chi connectivity index (χ0v) is 37.7. The van der Waals surface area contributed by atoms with Crippen LogP contribution >= 0.6 is 0 Å². The van der Waals surface area contributed by atoms with E-state index >= 15 is 0 Å². The monoisotopic (exact) mass is 920 g/mol. The molecule has 0 saturated heterocycles. The number of hydrogen-bond acceptors (Lipinski definition) is 6. The molecule has 0 aliphatic heterocycles. The number of aliphatic hydroxyl groups excluding tert-OH is 2. The van der Waals surface area contributed by atoms with Crippen LogP contribution in [0.5, 0.6) is 0 Å². The molecule has 2 atom stereocenters. The summed E-state index contributed by atoms with van der Waals surface area (Å²) in [5.41, 5.74) is 5.75. The van der Waals surface area contributed by atoms with E-state index in [4.69, 9.17) is 0 Å². The molecule has 0 heterocycles. The minimum atomic E-state index is -4.64. The average molecular weight is 921 g/mol. The van der Waals surface area contributed by atoms with E-state index in [1.807, 2.05) is 30.3 Å². The third-order valence-corrected chi connectivity index (χ3v) is 11.7. The summed E-state index contributed by atoms with van der Waals surface area (Å²) >= 11 is 0. The molecule has 6 N–H and O–H groups in total. The summed E-state index contributed by atoms with van der Waals surface area (Å²) in [5.74, 6) is -4.40. The first kappa shape index (κ1) is 51.2. The van der Waals surface area contributed by atoms with E-state index in [2.05, 4.69) is 73.0 Å². The standard InChI is InChI=1S/C27H24F5NO3.C27H29NO3/c1-16-18(5-3-6-20(16)21-7-4-8-23(28)24(21)29)10-11-19-13-17(9-12-22(19)27(30,31)32)14-33-26(2,15-34)25(35)36;1-19-12-13-21(17-28-27(3,18-29)26(30)31)16-24(19)15-14-22-10-7-11-25(20(22)2)23-8-5-4-6-9-23/h3-13,33-34H,14-15H2,1-2H3,(H,35,36);4-16,28-29H,17-18H2,1-3H3,(H,30,31)/b11-10+;15-14+/t;27-/m.0/s1. The minimum Gasteiger partial charge on any atom is -0.480 e. The molecule has 0 spiro atoms. The van der Waals surface area contributed by atoms with Crippen molar-refractivity contribution in [1.29, 1.82) is 0 Å². The Morgan fingerprint density at radius 2 is 1.01 bits per heavy atom. The molecule has 0 aromatic heterocycles. The first-order valence-corrected chi connectivity index (χ1v) is 21.2. The van der Waals surface area contributed by atoms with E-state index in [1.165, 1.54) is 67.0 Å². The topological polar surface area (TPSA) is 139 Å². The molecule has 350 valence electrons. The van der Waals surface area contributed by atoms with Gasteiger partial charge in [-0.1, -0.05) is 127 Å². The van der Waals surface area contributed by atoms with Gasteiger partial charge in [0.15, 0.2) is 11.6 Å². The number of aryl methyl sites for hydroxylation is 1. The fourth-order valence-corrected chi connectivity index (χ4v) is 7.05.